The standard InChI is InChI=1S/C18H18N4O2S/c1-4-12-8-13-16(20-10(3)21-17(13)25-12)19-9(2)11-5-6-14-15(7-11)24-18(23)22-14/h5-9H,4H2,1-3H3,(H,22,23)(H,19,20,21). The summed E-state index contributed by atoms with van der Waals surface area (Å²) in [5.41, 5.74) is 2.28. The Hall–Kier alpha value is -2.67. The van der Waals surface area contributed by atoms with Gasteiger partial charge in [0.15, 0.2) is 5.58 Å². The third-order valence-corrected chi connectivity index (χ3v) is 5.38. The van der Waals surface area contributed by atoms with Crippen LogP contribution >= 0.6 is 11.3 Å². The molecule has 1 unspecified atom stereocenters. The number of thiophene rings is 1. The van der Waals surface area contributed by atoms with Crippen LogP contribution in [0.1, 0.15) is 36.2 Å². The van der Waals surface area contributed by atoms with Crippen LogP contribution < -0.4 is 11.1 Å². The minimum atomic E-state index is -0.439. The van der Waals surface area contributed by atoms with E-state index < -0.39 is 5.76 Å². The van der Waals surface area contributed by atoms with Crippen LogP contribution in [0.3, 0.4) is 0 Å². The summed E-state index contributed by atoms with van der Waals surface area (Å²) in [4.78, 5) is 25.4. The lowest BCUT2D eigenvalue weighted by Gasteiger charge is -2.16. The summed E-state index contributed by atoms with van der Waals surface area (Å²) in [6, 6.07) is 7.87. The summed E-state index contributed by atoms with van der Waals surface area (Å²) in [6.45, 7) is 6.10. The van der Waals surface area contributed by atoms with Crippen LogP contribution in [0.25, 0.3) is 21.3 Å². The normalized spacial score (nSPS) is 12.8. The number of nitrogens with one attached hydrogen (secondary N) is 2. The number of nitrogens with zero attached hydrogens (tertiary/aromatic N) is 2. The maximum absolute atomic E-state index is 11.3. The first-order valence-electron chi connectivity index (χ1n) is 8.20. The first-order chi connectivity index (χ1) is 12.0. The van der Waals surface area contributed by atoms with Crippen molar-refractivity contribution in [2.45, 2.75) is 33.2 Å². The Bertz CT molecular complexity index is 1130. The highest BCUT2D eigenvalue weighted by Crippen LogP contribution is 2.31. The lowest BCUT2D eigenvalue weighted by Crippen LogP contribution is -2.09. The van der Waals surface area contributed by atoms with Gasteiger partial charge in [-0.3, -0.25) is 4.98 Å². The molecule has 0 bridgehead atoms. The lowest BCUT2D eigenvalue weighted by molar-refractivity contribution is 0.555. The molecule has 0 aliphatic heterocycles. The minimum absolute atomic E-state index is 0.00655. The minimum Gasteiger partial charge on any atom is -0.408 e. The molecule has 4 aromatic rings. The van der Waals surface area contributed by atoms with Crippen molar-refractivity contribution in [1.82, 2.24) is 15.0 Å². The SMILES string of the molecule is CCc1cc2c(NC(C)c3ccc4[nH]c(=O)oc4c3)nc(C)nc2s1. The Morgan fingerprint density at radius 3 is 2.96 bits per heavy atom. The molecule has 1 atom stereocenters. The molecule has 0 fully saturated rings. The van der Waals surface area contributed by atoms with Crippen molar-refractivity contribution in [2.75, 3.05) is 5.32 Å². The molecule has 6 nitrogen and oxygen atoms in total. The van der Waals surface area contributed by atoms with Gasteiger partial charge in [-0.1, -0.05) is 13.0 Å². The number of benzene rings is 1. The van der Waals surface area contributed by atoms with E-state index in [9.17, 15) is 4.79 Å². The van der Waals surface area contributed by atoms with Crippen LogP contribution in [0.15, 0.2) is 33.5 Å². The van der Waals surface area contributed by atoms with Crippen LogP contribution in [0.2, 0.25) is 0 Å². The molecule has 0 spiro atoms. The molecular formula is C18H18N4O2S. The number of oxazole rings is 1. The summed E-state index contributed by atoms with van der Waals surface area (Å²) < 4.78 is 5.15. The van der Waals surface area contributed by atoms with E-state index in [2.05, 4.69) is 40.2 Å². The van der Waals surface area contributed by atoms with Gasteiger partial charge in [0.05, 0.1) is 16.9 Å². The highest BCUT2D eigenvalue weighted by atomic mass is 32.1. The van der Waals surface area contributed by atoms with Gasteiger partial charge in [-0.25, -0.2) is 14.8 Å². The Labute approximate surface area is 147 Å². The molecule has 0 radical (unpaired) electrons. The van der Waals surface area contributed by atoms with Crippen molar-refractivity contribution in [3.63, 3.8) is 0 Å². The third-order valence-electron chi connectivity index (χ3n) is 4.20. The van der Waals surface area contributed by atoms with E-state index >= 15 is 0 Å². The molecule has 0 saturated carbocycles. The number of hydrogen-bond donors (Lipinski definition) is 2. The molecular weight excluding hydrogens is 336 g/mol. The van der Waals surface area contributed by atoms with Gasteiger partial charge in [0.2, 0.25) is 0 Å². The van der Waals surface area contributed by atoms with Crippen molar-refractivity contribution in [3.05, 3.63) is 51.1 Å². The van der Waals surface area contributed by atoms with Crippen LogP contribution in [0.5, 0.6) is 0 Å². The van der Waals surface area contributed by atoms with Gasteiger partial charge in [0.1, 0.15) is 16.5 Å². The van der Waals surface area contributed by atoms with Gasteiger partial charge in [0, 0.05) is 4.88 Å². The number of hydrogen-bond acceptors (Lipinski definition) is 6. The van der Waals surface area contributed by atoms with Crippen LogP contribution in [-0.4, -0.2) is 15.0 Å². The maximum Gasteiger partial charge on any atom is 0.417 e. The average Bonchev–Trinajstić information content (AvgIpc) is 3.15. The number of aryl methyl sites for hydroxylation is 2. The smallest absolute Gasteiger partial charge is 0.408 e. The predicted molar refractivity (Wildman–Crippen MR) is 100 cm³/mol. The highest BCUT2D eigenvalue weighted by Gasteiger charge is 2.14. The zero-order valence-corrected chi connectivity index (χ0v) is 15.0. The Balaban J connectivity index is 1.71. The van der Waals surface area contributed by atoms with Gasteiger partial charge >= 0.3 is 5.76 Å². The summed E-state index contributed by atoms with van der Waals surface area (Å²) in [5, 5.41) is 4.53. The first-order valence-corrected chi connectivity index (χ1v) is 9.01. The fraction of sp³-hybridized carbons (Fsp3) is 0.278. The molecule has 2 N–H and O–H groups in total. The fourth-order valence-electron chi connectivity index (χ4n) is 2.88. The molecule has 25 heavy (non-hydrogen) atoms. The summed E-state index contributed by atoms with van der Waals surface area (Å²) in [5.74, 6) is 1.15. The number of fused-ring (bicyclic) bond motifs is 2. The van der Waals surface area contributed by atoms with Gasteiger partial charge in [-0.2, -0.15) is 0 Å². The molecule has 7 heteroatoms. The van der Waals surface area contributed by atoms with Crippen LogP contribution in [0.4, 0.5) is 5.82 Å². The van der Waals surface area contributed by atoms with Crippen molar-refractivity contribution in [2.24, 2.45) is 0 Å². The molecule has 3 heterocycles. The van der Waals surface area contributed by atoms with Crippen molar-refractivity contribution in [1.29, 1.82) is 0 Å². The van der Waals surface area contributed by atoms with Crippen LogP contribution in [0, 0.1) is 6.92 Å². The Kier molecular flexibility index (Phi) is 3.80. The number of aromatic nitrogens is 3. The summed E-state index contributed by atoms with van der Waals surface area (Å²) in [7, 11) is 0. The van der Waals surface area contributed by atoms with Crippen molar-refractivity contribution >= 4 is 38.5 Å². The molecule has 3 aromatic heterocycles. The zero-order chi connectivity index (χ0) is 17.6. The van der Waals surface area contributed by atoms with E-state index in [0.29, 0.717) is 11.1 Å². The van der Waals surface area contributed by atoms with E-state index in [1.54, 1.807) is 11.3 Å². The molecule has 0 aliphatic rings. The average molecular weight is 354 g/mol. The molecule has 0 aliphatic carbocycles. The van der Waals surface area contributed by atoms with E-state index in [1.165, 1.54) is 4.88 Å². The van der Waals surface area contributed by atoms with Crippen LogP contribution in [-0.2, 0) is 6.42 Å². The van der Waals surface area contributed by atoms with E-state index in [1.807, 2.05) is 25.1 Å². The summed E-state index contributed by atoms with van der Waals surface area (Å²) >= 11 is 1.71. The quantitative estimate of drug-likeness (QED) is 0.575. The first kappa shape index (κ1) is 15.8. The second-order valence-electron chi connectivity index (χ2n) is 6.04. The molecule has 128 valence electrons. The monoisotopic (exact) mass is 354 g/mol. The highest BCUT2D eigenvalue weighted by molar-refractivity contribution is 7.18. The zero-order valence-electron chi connectivity index (χ0n) is 14.2. The third kappa shape index (κ3) is 2.91. The van der Waals surface area contributed by atoms with Gasteiger partial charge in [0.25, 0.3) is 0 Å². The predicted octanol–water partition coefficient (Wildman–Crippen LogP) is 4.17. The molecule has 1 aromatic carbocycles. The number of H-pyrrole nitrogens is 1. The van der Waals surface area contributed by atoms with E-state index in [-0.39, 0.29) is 6.04 Å². The Morgan fingerprint density at radius 2 is 2.16 bits per heavy atom. The van der Waals surface area contributed by atoms with Crippen molar-refractivity contribution < 1.29 is 4.42 Å². The van der Waals surface area contributed by atoms with E-state index in [4.69, 9.17) is 4.42 Å². The second-order valence-corrected chi connectivity index (χ2v) is 7.16. The summed E-state index contributed by atoms with van der Waals surface area (Å²) in [6.07, 6.45) is 0.984. The number of aromatic amines is 1. The van der Waals surface area contributed by atoms with E-state index in [0.717, 1.165) is 33.8 Å². The lowest BCUT2D eigenvalue weighted by atomic mass is 10.1. The molecule has 0 amide bonds. The second kappa shape index (κ2) is 6.00. The molecule has 0 saturated heterocycles. The largest absolute Gasteiger partial charge is 0.417 e. The fourth-order valence-corrected chi connectivity index (χ4v) is 3.89. The van der Waals surface area contributed by atoms with Gasteiger partial charge in [-0.05, 0) is 44.0 Å². The van der Waals surface area contributed by atoms with Gasteiger partial charge < -0.3 is 9.73 Å². The topological polar surface area (TPSA) is 83.8 Å². The number of rotatable bonds is 4. The van der Waals surface area contributed by atoms with Crippen molar-refractivity contribution in [3.8, 4) is 0 Å². The maximum atomic E-state index is 11.3. The Morgan fingerprint density at radius 1 is 1.32 bits per heavy atom. The molecule has 4 rings (SSSR count). The number of anilines is 1. The van der Waals surface area contributed by atoms with Gasteiger partial charge in [-0.15, -0.1) is 11.3 Å².